The molecule has 0 aliphatic heterocycles. The molecule has 1 heteroatoms. The van der Waals surface area contributed by atoms with Crippen LogP contribution < -0.4 is 0 Å². The minimum absolute atomic E-state index is 0.721. The van der Waals surface area contributed by atoms with Crippen molar-refractivity contribution in [1.82, 2.24) is 0 Å². The second-order valence-corrected chi connectivity index (χ2v) is 4.93. The standard InChI is InChI=1S/C9H16S/c1-7-6-9(7)4-2-8(10)3-5-9/h7-8,10H,2-6H2,1H3. The molecular formula is C9H16S. The predicted octanol–water partition coefficient (Wildman–Crippen LogP) is 2.89. The summed E-state index contributed by atoms with van der Waals surface area (Å²) in [6, 6.07) is 0. The Bertz CT molecular complexity index is 134. The molecule has 0 aromatic rings. The molecule has 0 N–H and O–H groups in total. The molecule has 0 saturated heterocycles. The van der Waals surface area contributed by atoms with Crippen molar-refractivity contribution < 1.29 is 0 Å². The van der Waals surface area contributed by atoms with Crippen LogP contribution in [0.3, 0.4) is 0 Å². The van der Waals surface area contributed by atoms with Crippen LogP contribution in [0.25, 0.3) is 0 Å². The van der Waals surface area contributed by atoms with Crippen LogP contribution in [0.5, 0.6) is 0 Å². The van der Waals surface area contributed by atoms with Gasteiger partial charge >= 0.3 is 0 Å². The summed E-state index contributed by atoms with van der Waals surface area (Å²) in [4.78, 5) is 0. The van der Waals surface area contributed by atoms with Crippen LogP contribution in [0.15, 0.2) is 0 Å². The zero-order chi connectivity index (χ0) is 7.19. The predicted molar refractivity (Wildman–Crippen MR) is 47.5 cm³/mol. The van der Waals surface area contributed by atoms with E-state index in [2.05, 4.69) is 19.6 Å². The third-order valence-electron chi connectivity index (χ3n) is 3.55. The van der Waals surface area contributed by atoms with Crippen LogP contribution >= 0.6 is 12.6 Å². The molecule has 1 unspecified atom stereocenters. The number of hydrogen-bond acceptors (Lipinski definition) is 1. The highest BCUT2D eigenvalue weighted by Gasteiger charge is 2.51. The normalized spacial score (nSPS) is 53.4. The first-order valence-corrected chi connectivity index (χ1v) is 4.93. The van der Waals surface area contributed by atoms with Crippen molar-refractivity contribution in [1.29, 1.82) is 0 Å². The molecule has 0 bridgehead atoms. The van der Waals surface area contributed by atoms with E-state index in [1.54, 1.807) is 0 Å². The molecule has 58 valence electrons. The Labute approximate surface area is 68.8 Å². The van der Waals surface area contributed by atoms with Crippen molar-refractivity contribution in [2.45, 2.75) is 44.3 Å². The van der Waals surface area contributed by atoms with Gasteiger partial charge in [-0.3, -0.25) is 0 Å². The Hall–Kier alpha value is 0.350. The van der Waals surface area contributed by atoms with E-state index < -0.39 is 0 Å². The largest absolute Gasteiger partial charge is 0.176 e. The number of thiol groups is 1. The smallest absolute Gasteiger partial charge is 0.00172 e. The lowest BCUT2D eigenvalue weighted by atomic mass is 9.84. The highest BCUT2D eigenvalue weighted by atomic mass is 32.1. The molecule has 2 aliphatic carbocycles. The van der Waals surface area contributed by atoms with Gasteiger partial charge in [0.25, 0.3) is 0 Å². The highest BCUT2D eigenvalue weighted by molar-refractivity contribution is 7.80. The van der Waals surface area contributed by atoms with Crippen molar-refractivity contribution in [3.8, 4) is 0 Å². The van der Waals surface area contributed by atoms with Gasteiger partial charge in [-0.2, -0.15) is 12.6 Å². The van der Waals surface area contributed by atoms with Gasteiger partial charge in [0.2, 0.25) is 0 Å². The average molecular weight is 156 g/mol. The molecule has 2 saturated carbocycles. The quantitative estimate of drug-likeness (QED) is 0.512. The molecule has 1 spiro atoms. The number of hydrogen-bond donors (Lipinski definition) is 1. The van der Waals surface area contributed by atoms with E-state index in [9.17, 15) is 0 Å². The van der Waals surface area contributed by atoms with E-state index in [-0.39, 0.29) is 0 Å². The zero-order valence-corrected chi connectivity index (χ0v) is 7.53. The molecule has 0 nitrogen and oxygen atoms in total. The summed E-state index contributed by atoms with van der Waals surface area (Å²) < 4.78 is 0. The van der Waals surface area contributed by atoms with Crippen LogP contribution in [-0.2, 0) is 0 Å². The topological polar surface area (TPSA) is 0 Å². The third kappa shape index (κ3) is 0.990. The van der Waals surface area contributed by atoms with E-state index in [0.717, 1.165) is 16.6 Å². The monoisotopic (exact) mass is 156 g/mol. The summed E-state index contributed by atoms with van der Waals surface area (Å²) in [5.74, 6) is 1.04. The molecule has 2 fully saturated rings. The van der Waals surface area contributed by atoms with Crippen LogP contribution in [0, 0.1) is 11.3 Å². The summed E-state index contributed by atoms with van der Waals surface area (Å²) in [5.41, 5.74) is 0.819. The van der Waals surface area contributed by atoms with Gasteiger partial charge in [-0.15, -0.1) is 0 Å². The zero-order valence-electron chi connectivity index (χ0n) is 6.64. The second-order valence-electron chi connectivity index (χ2n) is 4.20. The molecule has 0 radical (unpaired) electrons. The lowest BCUT2D eigenvalue weighted by Gasteiger charge is -2.25. The van der Waals surface area contributed by atoms with E-state index >= 15 is 0 Å². The lowest BCUT2D eigenvalue weighted by Crippen LogP contribution is -2.16. The van der Waals surface area contributed by atoms with E-state index in [1.165, 1.54) is 32.1 Å². The summed E-state index contributed by atoms with van der Waals surface area (Å²) in [7, 11) is 0. The van der Waals surface area contributed by atoms with Crippen molar-refractivity contribution in [3.05, 3.63) is 0 Å². The second kappa shape index (κ2) is 2.17. The maximum atomic E-state index is 4.50. The molecule has 0 aromatic carbocycles. The summed E-state index contributed by atoms with van der Waals surface area (Å²) >= 11 is 4.50. The fourth-order valence-corrected chi connectivity index (χ4v) is 2.68. The van der Waals surface area contributed by atoms with Gasteiger partial charge in [0.15, 0.2) is 0 Å². The van der Waals surface area contributed by atoms with Gasteiger partial charge in [-0.25, -0.2) is 0 Å². The highest BCUT2D eigenvalue weighted by Crippen LogP contribution is 2.61. The minimum atomic E-state index is 0.721. The molecule has 0 heterocycles. The van der Waals surface area contributed by atoms with Gasteiger partial charge in [-0.1, -0.05) is 6.92 Å². The molecule has 2 rings (SSSR count). The maximum Gasteiger partial charge on any atom is 0.00172 e. The van der Waals surface area contributed by atoms with Gasteiger partial charge in [0.1, 0.15) is 0 Å². The molecule has 10 heavy (non-hydrogen) atoms. The van der Waals surface area contributed by atoms with Crippen LogP contribution in [0.4, 0.5) is 0 Å². The molecule has 2 aliphatic rings. The fourth-order valence-electron chi connectivity index (χ4n) is 2.43. The maximum absolute atomic E-state index is 4.50. The van der Waals surface area contributed by atoms with Crippen LogP contribution in [-0.4, -0.2) is 5.25 Å². The lowest BCUT2D eigenvalue weighted by molar-refractivity contribution is 0.320. The minimum Gasteiger partial charge on any atom is -0.176 e. The van der Waals surface area contributed by atoms with Crippen LogP contribution in [0.2, 0.25) is 0 Å². The van der Waals surface area contributed by atoms with Crippen LogP contribution in [0.1, 0.15) is 39.0 Å². The fraction of sp³-hybridized carbons (Fsp3) is 1.00. The molecule has 0 aromatic heterocycles. The first-order chi connectivity index (χ1) is 4.73. The van der Waals surface area contributed by atoms with Gasteiger partial charge in [0, 0.05) is 5.25 Å². The van der Waals surface area contributed by atoms with Gasteiger partial charge in [-0.05, 0) is 43.4 Å². The Balaban J connectivity index is 1.93. The van der Waals surface area contributed by atoms with Crippen molar-refractivity contribution in [2.75, 3.05) is 0 Å². The molecule has 1 atom stereocenters. The Morgan fingerprint density at radius 1 is 1.30 bits per heavy atom. The molecular weight excluding hydrogens is 140 g/mol. The Morgan fingerprint density at radius 2 is 1.80 bits per heavy atom. The van der Waals surface area contributed by atoms with E-state index in [0.29, 0.717) is 0 Å². The van der Waals surface area contributed by atoms with Gasteiger partial charge < -0.3 is 0 Å². The summed E-state index contributed by atoms with van der Waals surface area (Å²) in [6.45, 7) is 2.40. The van der Waals surface area contributed by atoms with Crippen molar-refractivity contribution >= 4 is 12.6 Å². The Kier molecular flexibility index (Phi) is 1.52. The van der Waals surface area contributed by atoms with Crippen molar-refractivity contribution in [3.63, 3.8) is 0 Å². The van der Waals surface area contributed by atoms with E-state index in [1.807, 2.05) is 0 Å². The SMILES string of the molecule is CC1CC12CCC(S)CC2. The van der Waals surface area contributed by atoms with E-state index in [4.69, 9.17) is 0 Å². The number of rotatable bonds is 0. The third-order valence-corrected chi connectivity index (χ3v) is 4.07. The first kappa shape index (κ1) is 7.02. The first-order valence-electron chi connectivity index (χ1n) is 4.41. The average Bonchev–Trinajstić information content (AvgIpc) is 2.53. The van der Waals surface area contributed by atoms with Gasteiger partial charge in [0.05, 0.1) is 0 Å². The Morgan fingerprint density at radius 3 is 2.20 bits per heavy atom. The summed E-state index contributed by atoms with van der Waals surface area (Å²) in [5, 5.41) is 0.721. The summed E-state index contributed by atoms with van der Waals surface area (Å²) in [6.07, 6.45) is 7.17. The molecule has 0 amide bonds. The van der Waals surface area contributed by atoms with Crippen molar-refractivity contribution in [2.24, 2.45) is 11.3 Å².